The lowest BCUT2D eigenvalue weighted by molar-refractivity contribution is 0.489. The lowest BCUT2D eigenvalue weighted by Crippen LogP contribution is -2.11. The van der Waals surface area contributed by atoms with Crippen LogP contribution in [0.4, 0.5) is 4.39 Å². The van der Waals surface area contributed by atoms with Crippen LogP contribution in [0.1, 0.15) is 12.7 Å². The minimum atomic E-state index is -0.340. The molecule has 2 rings (SSSR count). The molecule has 1 N–H and O–H groups in total. The van der Waals surface area contributed by atoms with Crippen molar-refractivity contribution in [3.8, 4) is 11.1 Å². The average molecular weight is 220 g/mol. The Balaban J connectivity index is 2.29. The molecule has 0 atom stereocenters. The number of nitrogens with zero attached hydrogens (tertiary/aromatic N) is 1. The van der Waals surface area contributed by atoms with Crippen molar-refractivity contribution >= 4 is 0 Å². The maximum Gasteiger partial charge on any atom is 0.142 e. The second kappa shape index (κ2) is 4.90. The minimum Gasteiger partial charge on any atom is -0.467 e. The fourth-order valence-corrected chi connectivity index (χ4v) is 1.53. The lowest BCUT2D eigenvalue weighted by atomic mass is 10.1. The van der Waals surface area contributed by atoms with Gasteiger partial charge in [-0.15, -0.1) is 0 Å². The van der Waals surface area contributed by atoms with Crippen LogP contribution in [-0.4, -0.2) is 11.5 Å². The number of nitrogens with one attached hydrogen (secondary N) is 1. The van der Waals surface area contributed by atoms with Crippen molar-refractivity contribution in [3.05, 3.63) is 42.4 Å². The fraction of sp³-hybridized carbons (Fsp3) is 0.250. The van der Waals surface area contributed by atoms with E-state index in [1.165, 1.54) is 12.3 Å². The molecule has 2 aromatic heterocycles. The molecule has 0 aliphatic heterocycles. The van der Waals surface area contributed by atoms with Gasteiger partial charge in [-0.3, -0.25) is 4.98 Å². The zero-order chi connectivity index (χ0) is 11.4. The number of rotatable bonds is 4. The van der Waals surface area contributed by atoms with E-state index in [2.05, 4.69) is 10.3 Å². The third-order valence-electron chi connectivity index (χ3n) is 2.30. The van der Waals surface area contributed by atoms with Gasteiger partial charge in [0.1, 0.15) is 11.6 Å². The van der Waals surface area contributed by atoms with Crippen LogP contribution >= 0.6 is 0 Å². The number of halogens is 1. The van der Waals surface area contributed by atoms with E-state index < -0.39 is 0 Å². The third kappa shape index (κ3) is 2.28. The van der Waals surface area contributed by atoms with Crippen molar-refractivity contribution in [1.29, 1.82) is 0 Å². The predicted octanol–water partition coefficient (Wildman–Crippen LogP) is 2.59. The molecule has 0 fully saturated rings. The summed E-state index contributed by atoms with van der Waals surface area (Å²) in [5.41, 5.74) is 1.62. The van der Waals surface area contributed by atoms with Crippen molar-refractivity contribution in [2.24, 2.45) is 0 Å². The summed E-state index contributed by atoms with van der Waals surface area (Å²) >= 11 is 0. The minimum absolute atomic E-state index is 0.340. The molecule has 0 spiro atoms. The first-order valence-corrected chi connectivity index (χ1v) is 5.19. The molecular weight excluding hydrogens is 207 g/mol. The summed E-state index contributed by atoms with van der Waals surface area (Å²) in [6, 6.07) is 3.27. The highest BCUT2D eigenvalue weighted by molar-refractivity contribution is 5.64. The van der Waals surface area contributed by atoms with Crippen molar-refractivity contribution in [2.75, 3.05) is 6.54 Å². The Bertz CT molecular complexity index is 468. The molecule has 0 saturated carbocycles. The summed E-state index contributed by atoms with van der Waals surface area (Å²) in [5, 5.41) is 3.17. The second-order valence-electron chi connectivity index (χ2n) is 3.43. The van der Waals surface area contributed by atoms with Crippen LogP contribution in [0.5, 0.6) is 0 Å². The summed E-state index contributed by atoms with van der Waals surface area (Å²) in [4.78, 5) is 3.82. The van der Waals surface area contributed by atoms with E-state index in [9.17, 15) is 4.39 Å². The monoisotopic (exact) mass is 220 g/mol. The Morgan fingerprint density at radius 2 is 2.31 bits per heavy atom. The molecular formula is C12H13FN2O. The van der Waals surface area contributed by atoms with Crippen LogP contribution < -0.4 is 5.32 Å². The molecule has 0 bridgehead atoms. The zero-order valence-corrected chi connectivity index (χ0v) is 9.03. The van der Waals surface area contributed by atoms with E-state index in [4.69, 9.17) is 4.42 Å². The highest BCUT2D eigenvalue weighted by atomic mass is 19.1. The number of furan rings is 1. The topological polar surface area (TPSA) is 38.1 Å². The van der Waals surface area contributed by atoms with E-state index in [-0.39, 0.29) is 5.82 Å². The van der Waals surface area contributed by atoms with Gasteiger partial charge in [-0.2, -0.15) is 0 Å². The predicted molar refractivity (Wildman–Crippen MR) is 59.3 cm³/mol. The van der Waals surface area contributed by atoms with E-state index in [1.54, 1.807) is 12.5 Å². The number of aromatic nitrogens is 1. The van der Waals surface area contributed by atoms with E-state index in [1.807, 2.05) is 13.0 Å². The molecule has 4 heteroatoms. The van der Waals surface area contributed by atoms with Gasteiger partial charge in [0.05, 0.1) is 19.0 Å². The van der Waals surface area contributed by atoms with Crippen molar-refractivity contribution in [1.82, 2.24) is 10.3 Å². The summed E-state index contributed by atoms with van der Waals surface area (Å²) in [5.74, 6) is 0.461. The van der Waals surface area contributed by atoms with Gasteiger partial charge in [-0.1, -0.05) is 6.92 Å². The average Bonchev–Trinajstić information content (AvgIpc) is 2.74. The standard InChI is InChI=1S/C12H13FN2O/c1-2-14-8-12-11(3-4-16-12)9-5-10(13)7-15-6-9/h3-7,14H,2,8H2,1H3. The molecule has 2 aromatic rings. The Labute approximate surface area is 93.3 Å². The summed E-state index contributed by atoms with van der Waals surface area (Å²) in [6.07, 6.45) is 4.42. The molecule has 0 unspecified atom stereocenters. The number of pyridine rings is 1. The molecule has 0 aliphatic carbocycles. The van der Waals surface area contributed by atoms with Crippen LogP contribution in [0.15, 0.2) is 35.2 Å². The summed E-state index contributed by atoms with van der Waals surface area (Å²) in [6.45, 7) is 3.52. The summed E-state index contributed by atoms with van der Waals surface area (Å²) in [7, 11) is 0. The zero-order valence-electron chi connectivity index (χ0n) is 9.03. The van der Waals surface area contributed by atoms with Gasteiger partial charge < -0.3 is 9.73 Å². The quantitative estimate of drug-likeness (QED) is 0.860. The number of hydrogen-bond acceptors (Lipinski definition) is 3. The Morgan fingerprint density at radius 1 is 1.44 bits per heavy atom. The summed E-state index contributed by atoms with van der Waals surface area (Å²) < 4.78 is 18.4. The highest BCUT2D eigenvalue weighted by Gasteiger charge is 2.08. The largest absolute Gasteiger partial charge is 0.467 e. The molecule has 0 saturated heterocycles. The maximum absolute atomic E-state index is 13.0. The Kier molecular flexibility index (Phi) is 3.31. The molecule has 84 valence electrons. The molecule has 0 amide bonds. The third-order valence-corrected chi connectivity index (χ3v) is 2.30. The molecule has 0 aromatic carbocycles. The van der Waals surface area contributed by atoms with Crippen LogP contribution in [0, 0.1) is 5.82 Å². The van der Waals surface area contributed by atoms with Gasteiger partial charge in [0, 0.05) is 17.3 Å². The fourth-order valence-electron chi connectivity index (χ4n) is 1.53. The van der Waals surface area contributed by atoms with Gasteiger partial charge >= 0.3 is 0 Å². The first kappa shape index (κ1) is 10.8. The van der Waals surface area contributed by atoms with Crippen LogP contribution in [0.25, 0.3) is 11.1 Å². The van der Waals surface area contributed by atoms with Gasteiger partial charge in [0.25, 0.3) is 0 Å². The van der Waals surface area contributed by atoms with Crippen LogP contribution in [-0.2, 0) is 6.54 Å². The van der Waals surface area contributed by atoms with Crippen molar-refractivity contribution in [3.63, 3.8) is 0 Å². The van der Waals surface area contributed by atoms with Crippen molar-refractivity contribution < 1.29 is 8.81 Å². The first-order valence-electron chi connectivity index (χ1n) is 5.19. The van der Waals surface area contributed by atoms with E-state index in [0.29, 0.717) is 6.54 Å². The SMILES string of the molecule is CCNCc1occc1-c1cncc(F)c1. The van der Waals surface area contributed by atoms with Gasteiger partial charge in [0.2, 0.25) is 0 Å². The van der Waals surface area contributed by atoms with Gasteiger partial charge in [-0.05, 0) is 18.7 Å². The Hall–Kier alpha value is -1.68. The molecule has 0 radical (unpaired) electrons. The first-order chi connectivity index (χ1) is 7.81. The van der Waals surface area contributed by atoms with Crippen molar-refractivity contribution in [2.45, 2.75) is 13.5 Å². The lowest BCUT2D eigenvalue weighted by Gasteiger charge is -2.03. The molecule has 0 aliphatic rings. The van der Waals surface area contributed by atoms with Crippen LogP contribution in [0.3, 0.4) is 0 Å². The maximum atomic E-state index is 13.0. The van der Waals surface area contributed by atoms with E-state index in [0.717, 1.165) is 23.4 Å². The van der Waals surface area contributed by atoms with Gasteiger partial charge in [-0.25, -0.2) is 4.39 Å². The van der Waals surface area contributed by atoms with Gasteiger partial charge in [0.15, 0.2) is 0 Å². The molecule has 3 nitrogen and oxygen atoms in total. The highest BCUT2D eigenvalue weighted by Crippen LogP contribution is 2.24. The normalized spacial score (nSPS) is 10.6. The Morgan fingerprint density at radius 3 is 3.06 bits per heavy atom. The molecule has 16 heavy (non-hydrogen) atoms. The smallest absolute Gasteiger partial charge is 0.142 e. The van der Waals surface area contributed by atoms with Crippen LogP contribution in [0.2, 0.25) is 0 Å². The molecule has 2 heterocycles. The second-order valence-corrected chi connectivity index (χ2v) is 3.43. The van der Waals surface area contributed by atoms with E-state index >= 15 is 0 Å². The number of hydrogen-bond donors (Lipinski definition) is 1.